The second-order valence-electron chi connectivity index (χ2n) is 6.64. The first-order chi connectivity index (χ1) is 12.6. The van der Waals surface area contributed by atoms with Crippen molar-refractivity contribution in [1.82, 2.24) is 10.6 Å². The number of anilines is 1. The minimum Gasteiger partial charge on any atom is -0.450 e. The van der Waals surface area contributed by atoms with E-state index in [1.807, 2.05) is 5.32 Å². The quantitative estimate of drug-likeness (QED) is 0.534. The van der Waals surface area contributed by atoms with E-state index in [4.69, 9.17) is 10.5 Å². The predicted octanol–water partition coefficient (Wildman–Crippen LogP) is 1.60. The van der Waals surface area contributed by atoms with Gasteiger partial charge in [0.15, 0.2) is 6.10 Å². The van der Waals surface area contributed by atoms with Gasteiger partial charge in [-0.05, 0) is 24.0 Å². The monoisotopic (exact) mass is 378 g/mol. The van der Waals surface area contributed by atoms with Gasteiger partial charge in [-0.3, -0.25) is 10.1 Å². The fourth-order valence-electron chi connectivity index (χ4n) is 2.21. The van der Waals surface area contributed by atoms with E-state index in [2.05, 4.69) is 10.6 Å². The van der Waals surface area contributed by atoms with E-state index in [0.717, 1.165) is 0 Å². The topological polar surface area (TPSA) is 140 Å². The van der Waals surface area contributed by atoms with E-state index >= 15 is 0 Å². The van der Waals surface area contributed by atoms with Gasteiger partial charge < -0.3 is 21.1 Å². The van der Waals surface area contributed by atoms with Crippen molar-refractivity contribution < 1.29 is 23.9 Å². The summed E-state index contributed by atoms with van der Waals surface area (Å²) in [5.41, 5.74) is 5.49. The van der Waals surface area contributed by atoms with Crippen LogP contribution in [-0.2, 0) is 14.3 Å². The fourth-order valence-corrected chi connectivity index (χ4v) is 2.21. The molecule has 0 saturated carbocycles. The van der Waals surface area contributed by atoms with Crippen LogP contribution in [-0.4, -0.2) is 36.1 Å². The number of imide groups is 1. The normalized spacial score (nSPS) is 12.8. The van der Waals surface area contributed by atoms with Crippen molar-refractivity contribution in [3.05, 3.63) is 30.3 Å². The Kier molecular flexibility index (Phi) is 8.25. The third-order valence-electron chi connectivity index (χ3n) is 3.59. The van der Waals surface area contributed by atoms with Gasteiger partial charge in [0, 0.05) is 5.69 Å². The summed E-state index contributed by atoms with van der Waals surface area (Å²) >= 11 is 0. The molecule has 148 valence electrons. The largest absolute Gasteiger partial charge is 0.450 e. The highest BCUT2D eigenvalue weighted by Gasteiger charge is 2.33. The molecule has 0 aliphatic heterocycles. The second kappa shape index (κ2) is 10.1. The van der Waals surface area contributed by atoms with Gasteiger partial charge in [0.1, 0.15) is 6.04 Å². The van der Waals surface area contributed by atoms with Crippen LogP contribution in [0.5, 0.6) is 0 Å². The van der Waals surface area contributed by atoms with Crippen molar-refractivity contribution in [3.63, 3.8) is 0 Å². The van der Waals surface area contributed by atoms with Crippen molar-refractivity contribution in [2.24, 2.45) is 17.6 Å². The van der Waals surface area contributed by atoms with Crippen molar-refractivity contribution in [2.75, 3.05) is 5.32 Å². The fraction of sp³-hybridized carbons (Fsp3) is 0.444. The summed E-state index contributed by atoms with van der Waals surface area (Å²) < 4.78 is 5.25. The molecule has 0 spiro atoms. The van der Waals surface area contributed by atoms with Crippen LogP contribution in [0, 0.1) is 11.8 Å². The molecule has 9 nitrogen and oxygen atoms in total. The molecule has 0 radical (unpaired) electrons. The van der Waals surface area contributed by atoms with Crippen LogP contribution < -0.4 is 21.7 Å². The third kappa shape index (κ3) is 7.35. The smallest absolute Gasteiger partial charge is 0.329 e. The minimum atomic E-state index is -1.22. The molecule has 1 rings (SSSR count). The van der Waals surface area contributed by atoms with E-state index in [0.29, 0.717) is 5.69 Å². The minimum absolute atomic E-state index is 0.300. The lowest BCUT2D eigenvalue weighted by Gasteiger charge is -2.25. The average Bonchev–Trinajstić information content (AvgIpc) is 2.56. The Bertz CT molecular complexity index is 676. The third-order valence-corrected chi connectivity index (χ3v) is 3.59. The lowest BCUT2D eigenvalue weighted by Crippen LogP contribution is -2.51. The van der Waals surface area contributed by atoms with E-state index in [9.17, 15) is 19.2 Å². The first kappa shape index (κ1) is 21.9. The highest BCUT2D eigenvalue weighted by Crippen LogP contribution is 2.12. The number of nitrogens with one attached hydrogen (secondary N) is 3. The number of amides is 5. The number of ether oxygens (including phenoxy) is 1. The van der Waals surface area contributed by atoms with Crippen LogP contribution in [0.1, 0.15) is 27.7 Å². The molecule has 0 saturated heterocycles. The molecular formula is C18H26N4O5. The Balaban J connectivity index is 2.79. The van der Waals surface area contributed by atoms with Crippen LogP contribution in [0.4, 0.5) is 15.3 Å². The Labute approximate surface area is 158 Å². The standard InChI is InChI=1S/C18H26N4O5/c1-10(2)13(21-18(26)20-12-8-6-5-7-9-12)16(24)27-14(11(3)4)15(23)22-17(19)25/h5-11,13-14H,1-4H3,(H2,20,21,26)(H3,19,22,23,25)/t13-,14+/m1/s1. The molecule has 0 aromatic heterocycles. The molecule has 0 fully saturated rings. The molecule has 1 aromatic carbocycles. The van der Waals surface area contributed by atoms with Crippen LogP contribution in [0.2, 0.25) is 0 Å². The molecule has 2 atom stereocenters. The van der Waals surface area contributed by atoms with Gasteiger partial charge in [0.05, 0.1) is 0 Å². The molecule has 27 heavy (non-hydrogen) atoms. The number of rotatable bonds is 7. The first-order valence-electron chi connectivity index (χ1n) is 8.55. The van der Waals surface area contributed by atoms with Gasteiger partial charge in [-0.1, -0.05) is 45.9 Å². The van der Waals surface area contributed by atoms with Gasteiger partial charge in [-0.25, -0.2) is 14.4 Å². The molecule has 1 aromatic rings. The summed E-state index contributed by atoms with van der Waals surface area (Å²) in [4.78, 5) is 47.5. The molecule has 5 amide bonds. The zero-order chi connectivity index (χ0) is 20.6. The summed E-state index contributed by atoms with van der Waals surface area (Å²) in [7, 11) is 0. The van der Waals surface area contributed by atoms with Crippen LogP contribution >= 0.6 is 0 Å². The molecule has 0 aliphatic carbocycles. The molecule has 5 N–H and O–H groups in total. The Morgan fingerprint density at radius 1 is 0.963 bits per heavy atom. The Morgan fingerprint density at radius 3 is 2.04 bits per heavy atom. The predicted molar refractivity (Wildman–Crippen MR) is 99.7 cm³/mol. The summed E-state index contributed by atoms with van der Waals surface area (Å²) in [5.74, 6) is -2.31. The second-order valence-corrected chi connectivity index (χ2v) is 6.64. The Hall–Kier alpha value is -3.10. The van der Waals surface area contributed by atoms with Gasteiger partial charge in [0.25, 0.3) is 5.91 Å². The van der Waals surface area contributed by atoms with Gasteiger partial charge >= 0.3 is 18.0 Å². The van der Waals surface area contributed by atoms with Crippen molar-refractivity contribution >= 4 is 29.6 Å². The molecule has 9 heteroatoms. The van der Waals surface area contributed by atoms with Crippen LogP contribution in [0.3, 0.4) is 0 Å². The highest BCUT2D eigenvalue weighted by molar-refractivity contribution is 5.97. The number of primary amides is 1. The molecule has 0 aliphatic rings. The van der Waals surface area contributed by atoms with Crippen LogP contribution in [0.25, 0.3) is 0 Å². The number of carbonyl (C=O) groups excluding carboxylic acids is 4. The van der Waals surface area contributed by atoms with Gasteiger partial charge in [-0.2, -0.15) is 0 Å². The lowest BCUT2D eigenvalue weighted by atomic mass is 10.0. The van der Waals surface area contributed by atoms with E-state index in [1.54, 1.807) is 58.0 Å². The molecule has 0 bridgehead atoms. The number of hydrogen-bond donors (Lipinski definition) is 4. The number of urea groups is 2. The molecular weight excluding hydrogens is 352 g/mol. The van der Waals surface area contributed by atoms with E-state index < -0.39 is 42.0 Å². The van der Waals surface area contributed by atoms with Crippen molar-refractivity contribution in [3.8, 4) is 0 Å². The number of esters is 1. The number of nitrogens with two attached hydrogens (primary N) is 1. The summed E-state index contributed by atoms with van der Waals surface area (Å²) in [6.07, 6.45) is -1.22. The number of para-hydroxylation sites is 1. The average molecular weight is 378 g/mol. The summed E-state index contributed by atoms with van der Waals surface area (Å²) in [6, 6.07) is 6.11. The van der Waals surface area contributed by atoms with Gasteiger partial charge in [0.2, 0.25) is 0 Å². The van der Waals surface area contributed by atoms with Gasteiger partial charge in [-0.15, -0.1) is 0 Å². The first-order valence-corrected chi connectivity index (χ1v) is 8.55. The summed E-state index contributed by atoms with van der Waals surface area (Å²) in [5, 5.41) is 7.04. The molecule has 0 unspecified atom stereocenters. The zero-order valence-electron chi connectivity index (χ0n) is 15.8. The number of hydrogen-bond acceptors (Lipinski definition) is 5. The number of benzene rings is 1. The zero-order valence-corrected chi connectivity index (χ0v) is 15.8. The van der Waals surface area contributed by atoms with Crippen LogP contribution in [0.15, 0.2) is 30.3 Å². The maximum absolute atomic E-state index is 12.5. The van der Waals surface area contributed by atoms with E-state index in [1.165, 1.54) is 0 Å². The number of carbonyl (C=O) groups is 4. The van der Waals surface area contributed by atoms with Crippen molar-refractivity contribution in [2.45, 2.75) is 39.8 Å². The van der Waals surface area contributed by atoms with Crippen molar-refractivity contribution in [1.29, 1.82) is 0 Å². The maximum Gasteiger partial charge on any atom is 0.329 e. The maximum atomic E-state index is 12.5. The SMILES string of the molecule is CC(C)[C@H](OC(=O)[C@H](NC(=O)Nc1ccccc1)C(C)C)C(=O)NC(N)=O. The lowest BCUT2D eigenvalue weighted by molar-refractivity contribution is -0.161. The Morgan fingerprint density at radius 2 is 1.56 bits per heavy atom. The highest BCUT2D eigenvalue weighted by atomic mass is 16.6. The molecule has 0 heterocycles. The van der Waals surface area contributed by atoms with E-state index in [-0.39, 0.29) is 5.92 Å². The summed E-state index contributed by atoms with van der Waals surface area (Å²) in [6.45, 7) is 6.75.